The molecule has 9 heteroatoms. The first-order valence-electron chi connectivity index (χ1n) is 5.08. The average molecular weight is 326 g/mol. The van der Waals surface area contributed by atoms with Gasteiger partial charge in [0, 0.05) is 0 Å². The normalized spacial score (nSPS) is 18.9. The summed E-state index contributed by atoms with van der Waals surface area (Å²) in [5, 5.41) is 18.2. The van der Waals surface area contributed by atoms with Gasteiger partial charge in [-0.2, -0.15) is 4.31 Å². The third kappa shape index (κ3) is 2.32. The maximum Gasteiger partial charge on any atom is 0.338 e. The lowest BCUT2D eigenvalue weighted by Gasteiger charge is -2.42. The first kappa shape index (κ1) is 14.5. The van der Waals surface area contributed by atoms with Crippen molar-refractivity contribution in [3.63, 3.8) is 0 Å². The van der Waals surface area contributed by atoms with Crippen LogP contribution in [0.2, 0.25) is 10.0 Å². The minimum atomic E-state index is -4.02. The van der Waals surface area contributed by atoms with E-state index in [1.165, 1.54) is 18.2 Å². The third-order valence-corrected chi connectivity index (χ3v) is 5.54. The molecule has 1 fully saturated rings. The molecular formula is C10H9Cl2NO5S. The van der Waals surface area contributed by atoms with Gasteiger partial charge in [0.15, 0.2) is 5.60 Å². The molecule has 0 unspecified atom stereocenters. The van der Waals surface area contributed by atoms with Crippen molar-refractivity contribution in [2.24, 2.45) is 0 Å². The molecule has 0 atom stereocenters. The van der Waals surface area contributed by atoms with Crippen molar-refractivity contribution in [2.75, 3.05) is 13.1 Å². The summed E-state index contributed by atoms with van der Waals surface area (Å²) >= 11 is 11.6. The second-order valence-corrected chi connectivity index (χ2v) is 6.85. The largest absolute Gasteiger partial charge is 0.479 e. The summed E-state index contributed by atoms with van der Waals surface area (Å²) in [6.07, 6.45) is 0. The van der Waals surface area contributed by atoms with Crippen molar-refractivity contribution in [2.45, 2.75) is 10.5 Å². The molecule has 1 heterocycles. The van der Waals surface area contributed by atoms with Crippen LogP contribution in [-0.2, 0) is 14.8 Å². The lowest BCUT2D eigenvalue weighted by atomic mass is 9.98. The Morgan fingerprint density at radius 3 is 2.16 bits per heavy atom. The van der Waals surface area contributed by atoms with Crippen LogP contribution in [0.25, 0.3) is 0 Å². The molecule has 104 valence electrons. The van der Waals surface area contributed by atoms with Gasteiger partial charge in [-0.05, 0) is 12.1 Å². The number of aliphatic hydroxyl groups is 1. The van der Waals surface area contributed by atoms with Crippen LogP contribution in [0, 0.1) is 0 Å². The zero-order chi connectivity index (χ0) is 14.4. The van der Waals surface area contributed by atoms with Crippen molar-refractivity contribution in [1.82, 2.24) is 4.31 Å². The fraction of sp³-hybridized carbons (Fsp3) is 0.300. The van der Waals surface area contributed by atoms with Crippen LogP contribution in [0.3, 0.4) is 0 Å². The van der Waals surface area contributed by atoms with E-state index in [0.29, 0.717) is 0 Å². The van der Waals surface area contributed by atoms with Gasteiger partial charge in [0.05, 0.1) is 23.1 Å². The van der Waals surface area contributed by atoms with Gasteiger partial charge < -0.3 is 10.2 Å². The summed E-state index contributed by atoms with van der Waals surface area (Å²) in [5.74, 6) is -1.47. The van der Waals surface area contributed by atoms with Crippen LogP contribution in [0.1, 0.15) is 0 Å². The molecule has 1 aromatic carbocycles. The van der Waals surface area contributed by atoms with Gasteiger partial charge in [-0.1, -0.05) is 29.3 Å². The van der Waals surface area contributed by atoms with E-state index in [0.717, 1.165) is 4.31 Å². The van der Waals surface area contributed by atoms with E-state index < -0.39 is 34.7 Å². The first-order chi connectivity index (χ1) is 8.68. The minimum absolute atomic E-state index is 0.0572. The number of benzene rings is 1. The fourth-order valence-corrected chi connectivity index (χ4v) is 4.34. The molecule has 19 heavy (non-hydrogen) atoms. The predicted octanol–water partition coefficient (Wildman–Crippen LogP) is 0.813. The SMILES string of the molecule is O=C(O)C1(O)CN(S(=O)(=O)c2c(Cl)cccc2Cl)C1. The molecule has 1 aliphatic heterocycles. The molecule has 6 nitrogen and oxygen atoms in total. The van der Waals surface area contributed by atoms with E-state index in [1.807, 2.05) is 0 Å². The van der Waals surface area contributed by atoms with Crippen molar-refractivity contribution in [3.05, 3.63) is 28.2 Å². The maximum absolute atomic E-state index is 12.2. The number of carbonyl (C=O) groups is 1. The Morgan fingerprint density at radius 1 is 1.26 bits per heavy atom. The molecule has 2 rings (SSSR count). The second kappa shape index (κ2) is 4.60. The van der Waals surface area contributed by atoms with Crippen LogP contribution in [0.5, 0.6) is 0 Å². The average Bonchev–Trinajstić information content (AvgIpc) is 2.23. The number of aliphatic carboxylic acids is 1. The summed E-state index contributed by atoms with van der Waals surface area (Å²) in [5.41, 5.74) is -2.05. The zero-order valence-corrected chi connectivity index (χ0v) is 11.7. The summed E-state index contributed by atoms with van der Waals surface area (Å²) in [4.78, 5) is 10.4. The number of hydrogen-bond acceptors (Lipinski definition) is 4. The molecule has 0 bridgehead atoms. The van der Waals surface area contributed by atoms with Crippen molar-refractivity contribution < 1.29 is 23.4 Å². The molecule has 1 saturated heterocycles. The van der Waals surface area contributed by atoms with Crippen LogP contribution in [0.4, 0.5) is 0 Å². The number of nitrogens with zero attached hydrogens (tertiary/aromatic N) is 1. The smallest absolute Gasteiger partial charge is 0.338 e. The monoisotopic (exact) mass is 325 g/mol. The highest BCUT2D eigenvalue weighted by atomic mass is 35.5. The van der Waals surface area contributed by atoms with Crippen LogP contribution < -0.4 is 0 Å². The molecule has 0 aromatic heterocycles. The van der Waals surface area contributed by atoms with Crippen LogP contribution in [0.15, 0.2) is 23.1 Å². The van der Waals surface area contributed by atoms with E-state index >= 15 is 0 Å². The Bertz CT molecular complexity index is 619. The Kier molecular flexibility index (Phi) is 3.53. The van der Waals surface area contributed by atoms with E-state index in [4.69, 9.17) is 28.3 Å². The molecule has 0 saturated carbocycles. The number of β-amino-alcohol motifs (C(OH)–C–C–N with tert-alkyl or cyclic N) is 1. The van der Waals surface area contributed by atoms with Gasteiger partial charge in [-0.25, -0.2) is 13.2 Å². The molecule has 2 N–H and O–H groups in total. The molecule has 0 spiro atoms. The van der Waals surface area contributed by atoms with E-state index in [-0.39, 0.29) is 14.9 Å². The molecule has 0 radical (unpaired) electrons. The van der Waals surface area contributed by atoms with Crippen LogP contribution in [-0.4, -0.2) is 47.6 Å². The van der Waals surface area contributed by atoms with E-state index in [2.05, 4.69) is 0 Å². The van der Waals surface area contributed by atoms with Gasteiger partial charge in [0.25, 0.3) is 0 Å². The van der Waals surface area contributed by atoms with Crippen molar-refractivity contribution in [1.29, 1.82) is 0 Å². The Balaban J connectivity index is 2.34. The fourth-order valence-electron chi connectivity index (χ4n) is 1.70. The zero-order valence-electron chi connectivity index (χ0n) is 9.38. The lowest BCUT2D eigenvalue weighted by molar-refractivity contribution is -0.170. The summed E-state index contributed by atoms with van der Waals surface area (Å²) in [6, 6.07) is 4.22. The topological polar surface area (TPSA) is 94.9 Å². The highest BCUT2D eigenvalue weighted by molar-refractivity contribution is 7.89. The standard InChI is InChI=1S/C10H9Cl2NO5S/c11-6-2-1-3-7(12)8(6)19(17,18)13-4-10(16,5-13)9(14)15/h1-3,16H,4-5H2,(H,14,15). The lowest BCUT2D eigenvalue weighted by Crippen LogP contribution is -2.67. The minimum Gasteiger partial charge on any atom is -0.479 e. The quantitative estimate of drug-likeness (QED) is 0.857. The van der Waals surface area contributed by atoms with Gasteiger partial charge in [-0.3, -0.25) is 0 Å². The molecule has 1 aromatic rings. The number of halogens is 2. The number of carboxylic acid groups (broad SMARTS) is 1. The number of hydrogen-bond donors (Lipinski definition) is 2. The van der Waals surface area contributed by atoms with Gasteiger partial charge in [0.1, 0.15) is 4.90 Å². The summed E-state index contributed by atoms with van der Waals surface area (Å²) in [7, 11) is -4.02. The predicted molar refractivity (Wildman–Crippen MR) is 67.8 cm³/mol. The number of carboxylic acids is 1. The first-order valence-corrected chi connectivity index (χ1v) is 7.28. The summed E-state index contributed by atoms with van der Waals surface area (Å²) < 4.78 is 25.3. The molecule has 0 aliphatic carbocycles. The number of sulfonamides is 1. The van der Waals surface area contributed by atoms with Crippen molar-refractivity contribution >= 4 is 39.2 Å². The Labute approximate surface area is 119 Å². The van der Waals surface area contributed by atoms with Crippen LogP contribution >= 0.6 is 23.2 Å². The molecular weight excluding hydrogens is 317 g/mol. The third-order valence-electron chi connectivity index (χ3n) is 2.79. The Morgan fingerprint density at radius 2 is 1.74 bits per heavy atom. The van der Waals surface area contributed by atoms with E-state index in [9.17, 15) is 18.3 Å². The second-order valence-electron chi connectivity index (χ2n) is 4.16. The Hall–Kier alpha value is -0.860. The van der Waals surface area contributed by atoms with Gasteiger partial charge >= 0.3 is 5.97 Å². The molecule has 1 aliphatic rings. The van der Waals surface area contributed by atoms with Crippen molar-refractivity contribution in [3.8, 4) is 0 Å². The number of rotatable bonds is 3. The van der Waals surface area contributed by atoms with E-state index in [1.54, 1.807) is 0 Å². The highest BCUT2D eigenvalue weighted by Gasteiger charge is 2.53. The van der Waals surface area contributed by atoms with Gasteiger partial charge in [0.2, 0.25) is 10.0 Å². The summed E-state index contributed by atoms with van der Waals surface area (Å²) in [6.45, 7) is -1.07. The highest BCUT2D eigenvalue weighted by Crippen LogP contribution is 2.35. The molecule has 0 amide bonds. The van der Waals surface area contributed by atoms with Gasteiger partial charge in [-0.15, -0.1) is 0 Å². The maximum atomic E-state index is 12.2.